The van der Waals surface area contributed by atoms with Crippen molar-refractivity contribution < 1.29 is 22.8 Å². The van der Waals surface area contributed by atoms with Crippen LogP contribution in [0.4, 0.5) is 18.9 Å². The van der Waals surface area contributed by atoms with Crippen LogP contribution in [0.25, 0.3) is 17.0 Å². The maximum absolute atomic E-state index is 12.9. The van der Waals surface area contributed by atoms with Crippen molar-refractivity contribution in [2.45, 2.75) is 19.0 Å². The summed E-state index contributed by atoms with van der Waals surface area (Å²) >= 11 is 0. The molecule has 0 atom stereocenters. The Balaban J connectivity index is 1.19. The van der Waals surface area contributed by atoms with E-state index in [2.05, 4.69) is 15.3 Å². The molecule has 0 spiro atoms. The Hall–Kier alpha value is -4.21. The average Bonchev–Trinajstić information content (AvgIpc) is 3.33. The molecule has 5 rings (SSSR count). The van der Waals surface area contributed by atoms with E-state index in [4.69, 9.17) is 0 Å². The molecule has 2 amide bonds. The first-order valence-electron chi connectivity index (χ1n) is 11.5. The number of anilines is 1. The molecule has 1 N–H and O–H groups in total. The summed E-state index contributed by atoms with van der Waals surface area (Å²) in [5, 5.41) is 2.95. The second-order valence-corrected chi connectivity index (χ2v) is 8.66. The van der Waals surface area contributed by atoms with Gasteiger partial charge in [-0.2, -0.15) is 13.2 Å². The summed E-state index contributed by atoms with van der Waals surface area (Å²) in [5.74, 6) is -0.160. The number of benzene rings is 2. The predicted molar refractivity (Wildman–Crippen MR) is 127 cm³/mol. The predicted octanol–water partition coefficient (Wildman–Crippen LogP) is 4.91. The lowest BCUT2D eigenvalue weighted by atomic mass is 9.95. The number of aromatic nitrogens is 3. The maximum atomic E-state index is 12.9. The van der Waals surface area contributed by atoms with Crippen LogP contribution < -0.4 is 5.32 Å². The Morgan fingerprint density at radius 2 is 1.75 bits per heavy atom. The number of fused-ring (bicyclic) bond motifs is 1. The third-order valence-electron chi connectivity index (χ3n) is 6.27. The standard InChI is InChI=1S/C26H22F3N5O2/c27-26(28,29)20-7-5-18(6-8-20)24(36)33-13-9-17(10-14-33)23(35)31-21-4-1-3-19(15-21)22-16-34-12-2-11-30-25(34)32-22/h1-8,11-12,15-17H,9-10,13-14H2,(H,31,35). The molecule has 1 fully saturated rings. The molecule has 2 aromatic carbocycles. The van der Waals surface area contributed by atoms with Crippen molar-refractivity contribution in [3.05, 3.63) is 84.3 Å². The molecule has 0 saturated carbocycles. The van der Waals surface area contributed by atoms with Crippen LogP contribution in [-0.2, 0) is 11.0 Å². The smallest absolute Gasteiger partial charge is 0.339 e. The Bertz CT molecular complexity index is 1370. The normalized spacial score (nSPS) is 14.7. The zero-order chi connectivity index (χ0) is 25.3. The monoisotopic (exact) mass is 493 g/mol. The van der Waals surface area contributed by atoms with Gasteiger partial charge in [-0.3, -0.25) is 14.0 Å². The molecule has 4 aromatic rings. The average molecular weight is 493 g/mol. The Morgan fingerprint density at radius 1 is 1.00 bits per heavy atom. The van der Waals surface area contributed by atoms with Crippen molar-refractivity contribution in [3.63, 3.8) is 0 Å². The summed E-state index contributed by atoms with van der Waals surface area (Å²) in [4.78, 5) is 35.9. The van der Waals surface area contributed by atoms with E-state index in [1.165, 1.54) is 12.1 Å². The number of alkyl halides is 3. The highest BCUT2D eigenvalue weighted by atomic mass is 19.4. The molecule has 0 aliphatic carbocycles. The third-order valence-corrected chi connectivity index (χ3v) is 6.27. The molecule has 10 heteroatoms. The summed E-state index contributed by atoms with van der Waals surface area (Å²) in [6.45, 7) is 0.707. The lowest BCUT2D eigenvalue weighted by Gasteiger charge is -2.31. The summed E-state index contributed by atoms with van der Waals surface area (Å²) in [6.07, 6.45) is 1.89. The maximum Gasteiger partial charge on any atom is 0.416 e. The van der Waals surface area contributed by atoms with Gasteiger partial charge >= 0.3 is 6.18 Å². The molecular weight excluding hydrogens is 471 g/mol. The number of amides is 2. The van der Waals surface area contributed by atoms with Crippen LogP contribution in [-0.4, -0.2) is 44.2 Å². The van der Waals surface area contributed by atoms with Gasteiger partial charge in [-0.1, -0.05) is 12.1 Å². The molecule has 1 saturated heterocycles. The number of piperidine rings is 1. The number of hydrogen-bond acceptors (Lipinski definition) is 4. The van der Waals surface area contributed by atoms with Gasteiger partial charge in [0.15, 0.2) is 0 Å². The molecule has 1 aliphatic rings. The van der Waals surface area contributed by atoms with Gasteiger partial charge in [-0.15, -0.1) is 0 Å². The minimum atomic E-state index is -4.45. The number of carbonyl (C=O) groups excluding carboxylic acids is 2. The zero-order valence-corrected chi connectivity index (χ0v) is 19.1. The molecular formula is C26H22F3N5O2. The lowest BCUT2D eigenvalue weighted by molar-refractivity contribution is -0.137. The fraction of sp³-hybridized carbons (Fsp3) is 0.231. The Labute approximate surface area is 204 Å². The van der Waals surface area contributed by atoms with Gasteiger partial charge in [0.05, 0.1) is 11.3 Å². The summed E-state index contributed by atoms with van der Waals surface area (Å²) in [7, 11) is 0. The van der Waals surface area contributed by atoms with E-state index in [0.29, 0.717) is 37.4 Å². The highest BCUT2D eigenvalue weighted by Gasteiger charge is 2.31. The van der Waals surface area contributed by atoms with Crippen molar-refractivity contribution in [1.29, 1.82) is 0 Å². The summed E-state index contributed by atoms with van der Waals surface area (Å²) in [5.41, 5.74) is 1.63. The van der Waals surface area contributed by atoms with E-state index >= 15 is 0 Å². The number of likely N-dealkylation sites (tertiary alicyclic amines) is 1. The molecule has 36 heavy (non-hydrogen) atoms. The van der Waals surface area contributed by atoms with E-state index in [1.807, 2.05) is 41.1 Å². The molecule has 0 radical (unpaired) electrons. The number of imidazole rings is 1. The van der Waals surface area contributed by atoms with Crippen molar-refractivity contribution in [3.8, 4) is 11.3 Å². The van der Waals surface area contributed by atoms with Crippen LogP contribution >= 0.6 is 0 Å². The highest BCUT2D eigenvalue weighted by Crippen LogP contribution is 2.30. The van der Waals surface area contributed by atoms with Crippen LogP contribution in [0, 0.1) is 5.92 Å². The van der Waals surface area contributed by atoms with Gasteiger partial charge in [0.1, 0.15) is 0 Å². The van der Waals surface area contributed by atoms with Crippen LogP contribution in [0.2, 0.25) is 0 Å². The number of carbonyl (C=O) groups is 2. The van der Waals surface area contributed by atoms with Gasteiger partial charge in [0, 0.05) is 54.4 Å². The first-order valence-corrected chi connectivity index (χ1v) is 11.5. The second-order valence-electron chi connectivity index (χ2n) is 8.66. The van der Waals surface area contributed by atoms with Crippen LogP contribution in [0.1, 0.15) is 28.8 Å². The minimum absolute atomic E-state index is 0.134. The van der Waals surface area contributed by atoms with Crippen LogP contribution in [0.3, 0.4) is 0 Å². The molecule has 2 aromatic heterocycles. The number of nitrogens with one attached hydrogen (secondary N) is 1. The number of hydrogen-bond donors (Lipinski definition) is 1. The summed E-state index contributed by atoms with van der Waals surface area (Å²) in [6, 6.07) is 13.4. The van der Waals surface area contributed by atoms with Crippen LogP contribution in [0.5, 0.6) is 0 Å². The van der Waals surface area contributed by atoms with Crippen molar-refractivity contribution in [1.82, 2.24) is 19.3 Å². The number of rotatable bonds is 4. The Kier molecular flexibility index (Phi) is 6.17. The van der Waals surface area contributed by atoms with E-state index in [0.717, 1.165) is 23.4 Å². The second kappa shape index (κ2) is 9.44. The summed E-state index contributed by atoms with van der Waals surface area (Å²) < 4.78 is 40.1. The molecule has 1 aliphatic heterocycles. The van der Waals surface area contributed by atoms with Gasteiger partial charge < -0.3 is 10.2 Å². The lowest BCUT2D eigenvalue weighted by Crippen LogP contribution is -2.41. The Morgan fingerprint density at radius 3 is 2.44 bits per heavy atom. The number of nitrogens with zero attached hydrogens (tertiary/aromatic N) is 4. The quantitative estimate of drug-likeness (QED) is 0.438. The van der Waals surface area contributed by atoms with Gasteiger partial charge in [0.25, 0.3) is 5.91 Å². The molecule has 3 heterocycles. The molecule has 0 unspecified atom stereocenters. The number of halogens is 3. The fourth-order valence-corrected chi connectivity index (χ4v) is 4.30. The van der Waals surface area contributed by atoms with Gasteiger partial charge in [-0.05, 0) is 55.3 Å². The molecule has 7 nitrogen and oxygen atoms in total. The largest absolute Gasteiger partial charge is 0.416 e. The molecule has 184 valence electrons. The van der Waals surface area contributed by atoms with E-state index in [1.54, 1.807) is 17.2 Å². The fourth-order valence-electron chi connectivity index (χ4n) is 4.30. The first kappa shape index (κ1) is 23.5. The topological polar surface area (TPSA) is 79.6 Å². The van der Waals surface area contributed by atoms with E-state index in [-0.39, 0.29) is 23.3 Å². The first-order chi connectivity index (χ1) is 17.3. The minimum Gasteiger partial charge on any atom is -0.339 e. The van der Waals surface area contributed by atoms with Crippen molar-refractivity contribution in [2.75, 3.05) is 18.4 Å². The zero-order valence-electron chi connectivity index (χ0n) is 19.1. The van der Waals surface area contributed by atoms with E-state index in [9.17, 15) is 22.8 Å². The van der Waals surface area contributed by atoms with Gasteiger partial charge in [-0.25, -0.2) is 9.97 Å². The van der Waals surface area contributed by atoms with Crippen molar-refractivity contribution in [2.24, 2.45) is 5.92 Å². The van der Waals surface area contributed by atoms with Crippen molar-refractivity contribution >= 4 is 23.3 Å². The SMILES string of the molecule is O=C(Nc1cccc(-c2cn3cccnc3n2)c1)C1CCN(C(=O)c2ccc(C(F)(F)F)cc2)CC1. The van der Waals surface area contributed by atoms with Crippen LogP contribution in [0.15, 0.2) is 73.2 Å². The van der Waals surface area contributed by atoms with E-state index < -0.39 is 11.7 Å². The highest BCUT2D eigenvalue weighted by molar-refractivity contribution is 5.95. The molecule has 0 bridgehead atoms. The van der Waals surface area contributed by atoms with Gasteiger partial charge in [0.2, 0.25) is 11.7 Å². The third kappa shape index (κ3) is 4.93.